The van der Waals surface area contributed by atoms with Crippen molar-refractivity contribution in [2.45, 2.75) is 171 Å². The third kappa shape index (κ3) is 21.1. The summed E-state index contributed by atoms with van der Waals surface area (Å²) in [6.07, 6.45) is 13.2. The molecule has 0 bridgehead atoms. The second kappa shape index (κ2) is 40.1. The van der Waals surface area contributed by atoms with Crippen molar-refractivity contribution in [1.82, 2.24) is 83.9 Å². The van der Waals surface area contributed by atoms with E-state index in [1.165, 1.54) is 16.7 Å². The number of nitrogens with one attached hydrogen (secondary N) is 4. The van der Waals surface area contributed by atoms with Crippen molar-refractivity contribution in [3.8, 4) is 6.01 Å². The highest BCUT2D eigenvalue weighted by molar-refractivity contribution is 6.03. The van der Waals surface area contributed by atoms with E-state index >= 15 is 0 Å². The number of aromatic nitrogens is 18. The molecule has 0 saturated carbocycles. The highest BCUT2D eigenvalue weighted by Crippen LogP contribution is 2.43. The molecule has 1 unspecified atom stereocenters. The molecular weight excluding hydrogens is 1590 g/mol. The number of hydrogen-bond acceptors (Lipinski definition) is 27. The summed E-state index contributed by atoms with van der Waals surface area (Å²) >= 11 is 0. The Morgan fingerprint density at radius 3 is 1.69 bits per heavy atom. The fraction of sp³-hybridized carbons (Fsp3) is 0.330. The molecule has 125 heavy (non-hydrogen) atoms. The minimum absolute atomic E-state index is 0.0819. The van der Waals surface area contributed by atoms with Crippen molar-refractivity contribution in [3.63, 3.8) is 0 Å². The molecule has 0 aliphatic carbocycles. The van der Waals surface area contributed by atoms with Crippen LogP contribution in [0, 0.1) is 13.8 Å². The van der Waals surface area contributed by atoms with Gasteiger partial charge in [-0.25, -0.2) is 24.9 Å². The van der Waals surface area contributed by atoms with Crippen LogP contribution in [-0.2, 0) is 64.6 Å². The highest BCUT2D eigenvalue weighted by atomic mass is 19.4. The number of fused-ring (bicyclic) bond motifs is 5. The van der Waals surface area contributed by atoms with Gasteiger partial charge in [-0.15, -0.1) is 0 Å². The number of aromatic amines is 1. The van der Waals surface area contributed by atoms with E-state index in [1.807, 2.05) is 98.3 Å². The first-order valence-electron chi connectivity index (χ1n) is 42.2. The number of H-pyrrole nitrogens is 1. The summed E-state index contributed by atoms with van der Waals surface area (Å²) in [7, 11) is 0. The zero-order valence-electron chi connectivity index (χ0n) is 72.1. The highest BCUT2D eigenvalue weighted by Gasteiger charge is 2.38. The third-order valence-corrected chi connectivity index (χ3v) is 21.5. The summed E-state index contributed by atoms with van der Waals surface area (Å²) < 4.78 is 50.9. The number of hydrogen-bond donors (Lipinski definition) is 10. The van der Waals surface area contributed by atoms with Crippen LogP contribution in [-0.4, -0.2) is 110 Å². The van der Waals surface area contributed by atoms with Gasteiger partial charge in [0.15, 0.2) is 41.0 Å². The number of alkyl halides is 3. The molecule has 18 rings (SSSR count). The fourth-order valence-corrected chi connectivity index (χ4v) is 14.7. The molecule has 31 nitrogen and oxygen atoms in total. The van der Waals surface area contributed by atoms with E-state index in [4.69, 9.17) is 39.1 Å². The molecule has 0 fully saturated rings. The van der Waals surface area contributed by atoms with Gasteiger partial charge < -0.3 is 83.9 Å². The lowest BCUT2D eigenvalue weighted by Crippen LogP contribution is -2.43. The average Bonchev–Trinajstić information content (AvgIpc) is 1.62. The van der Waals surface area contributed by atoms with Crippen LogP contribution in [0.3, 0.4) is 0 Å². The number of rotatable bonds is 24. The maximum absolute atomic E-state index is 12.9. The minimum Gasteiger partial charge on any atom is -0.463 e. The molecule has 0 radical (unpaired) electrons. The second-order valence-corrected chi connectivity index (χ2v) is 30.9. The number of ether oxygens (including phenoxy) is 1. The van der Waals surface area contributed by atoms with Gasteiger partial charge in [0.05, 0.1) is 44.6 Å². The molecule has 4 aliphatic heterocycles. The van der Waals surface area contributed by atoms with Crippen LogP contribution in [0.1, 0.15) is 154 Å². The zero-order chi connectivity index (χ0) is 88.6. The number of imidazole rings is 3. The lowest BCUT2D eigenvalue weighted by molar-refractivity contribution is -0.698. The molecule has 0 spiro atoms. The summed E-state index contributed by atoms with van der Waals surface area (Å²) in [5, 5.41) is 9.60. The summed E-state index contributed by atoms with van der Waals surface area (Å²) in [6, 6.07) is 38.3. The van der Waals surface area contributed by atoms with E-state index in [-0.39, 0.29) is 5.82 Å². The predicted molar refractivity (Wildman–Crippen MR) is 491 cm³/mol. The molecule has 14 aromatic rings. The average molecular weight is 1700 g/mol. The van der Waals surface area contributed by atoms with Crippen LogP contribution < -0.4 is 74.4 Å². The van der Waals surface area contributed by atoms with Crippen molar-refractivity contribution in [3.05, 3.63) is 239 Å². The molecule has 34 heteroatoms. The monoisotopic (exact) mass is 1700 g/mol. The van der Waals surface area contributed by atoms with Crippen LogP contribution >= 0.6 is 0 Å². The van der Waals surface area contributed by atoms with Gasteiger partial charge in [-0.05, 0) is 98.9 Å². The summed E-state index contributed by atoms with van der Waals surface area (Å²) in [5.41, 5.74) is 53.9. The summed E-state index contributed by atoms with van der Waals surface area (Å²) in [5.74, 6) is 6.66. The smallest absolute Gasteiger partial charge is 0.433 e. The molecule has 1 atom stereocenters. The van der Waals surface area contributed by atoms with Gasteiger partial charge in [0, 0.05) is 104 Å². The molecule has 11 aromatic heterocycles. The fourth-order valence-electron chi connectivity index (χ4n) is 14.7. The number of anilines is 12. The van der Waals surface area contributed by atoms with Gasteiger partial charge in [-0.3, -0.25) is 4.98 Å². The van der Waals surface area contributed by atoms with Crippen LogP contribution in [0.25, 0.3) is 44.4 Å². The Morgan fingerprint density at radius 1 is 0.528 bits per heavy atom. The molecule has 4 aliphatic rings. The Hall–Kier alpha value is -14.3. The first-order chi connectivity index (χ1) is 60.3. The molecule has 16 N–H and O–H groups in total. The SMILES string of the molecule is C=C1Cc2c(N)nc(NCCCC)nc2N1Cc1ccc(C)nc1.C=C1Cc2c(N)nc(OCCC)nc2N1Cc1ccccc1.C=C1Cc2c(cc(C(F)(F)F)nc2N)N1Cc1ccccc1.CCCCNc1nc(N)c2[nH]cnc2n1.CCCCNc1nc(N)c2ncn(Cc3ccc(CC)cc3)c2n1.Cc1nc2c(N)nc3ccc[n+]4c3c2n1CC4C. The number of nitrogen functional groups attached to an aromatic ring is 6. The van der Waals surface area contributed by atoms with Gasteiger partial charge in [0.25, 0.3) is 5.52 Å². The number of nitrogens with two attached hydrogens (primary N) is 6. The van der Waals surface area contributed by atoms with Crippen LogP contribution in [0.5, 0.6) is 6.01 Å². The van der Waals surface area contributed by atoms with Crippen LogP contribution in [0.15, 0.2) is 177 Å². The van der Waals surface area contributed by atoms with E-state index in [0.717, 1.165) is 175 Å². The summed E-state index contributed by atoms with van der Waals surface area (Å²) in [6.45, 7) is 35.7. The Morgan fingerprint density at radius 2 is 1.07 bits per heavy atom. The van der Waals surface area contributed by atoms with E-state index in [1.54, 1.807) is 17.6 Å². The lowest BCUT2D eigenvalue weighted by atomic mass is 10.1. The van der Waals surface area contributed by atoms with Crippen LogP contribution in [0.2, 0.25) is 0 Å². The predicted octanol–water partition coefficient (Wildman–Crippen LogP) is 15.4. The largest absolute Gasteiger partial charge is 0.463 e. The number of nitrogens with zero attached hydrogens (tertiary/aromatic N) is 20. The van der Waals surface area contributed by atoms with Gasteiger partial charge in [-0.1, -0.05) is 165 Å². The van der Waals surface area contributed by atoms with Crippen molar-refractivity contribution in [2.75, 3.05) is 91.3 Å². The first kappa shape index (κ1) is 88.4. The molecule has 650 valence electrons. The molecule has 0 amide bonds. The number of unbranched alkanes of at least 4 members (excludes halogenated alkanes) is 3. The number of halogens is 3. The Labute approximate surface area is 724 Å². The van der Waals surface area contributed by atoms with E-state index < -0.39 is 11.9 Å². The standard InChI is InChI=1S/2C18H24N6.C17H20N4O.C16H14F3N3.C13H14N5.C9H14N6/c1-4-5-8-20-18-22-16(19)15-9-13(3)24(17(15)23-18)11-14-7-6-12(2)21-10-14;1-3-5-10-20-18-22-16(19)15-17(23-18)24(12-21-15)11-14-8-6-13(4-2)7-9-14;1-3-9-22-17-19-15(18)14-10-12(2)21(16(14)20-17)11-13-7-5-4-6-8-13;1-10-7-12-13(8-14(16(17,18)19)21-15(12)20)22(10)9-11-5-3-2-4-6-11;1-7-6-18-8(2)15-10-12(18)11-9(16-13(10)14)4-3-5-17(7)11;1-2-3-4-11-9-14-7(10)6-8(15-9)13-5-12-6/h6-7,10H,3-5,8-9,11H2,1-2H3,(H3,19,20,22,23);6-9,12H,3-5,10-11H2,1-2H3,(H3,19,20,22,23);4-8H,2-3,9-11H2,1H3,(H2,18,19,20);2-6,8H,1,7,9H2,(H2,20,21);3-5,7H,6H2,1-2H3,(H2,14,16);5H,2-4H2,1H3,(H4,10,11,12,13,14,15)/q;;;;+1;. The van der Waals surface area contributed by atoms with Gasteiger partial charge in [0.1, 0.15) is 68.2 Å². The van der Waals surface area contributed by atoms with Crippen molar-refractivity contribution in [1.29, 1.82) is 0 Å². The van der Waals surface area contributed by atoms with Crippen LogP contribution in [0.4, 0.5) is 83.2 Å². The molecular formula is C91H110F3N30O+. The van der Waals surface area contributed by atoms with E-state index in [2.05, 4.69) is 213 Å². The number of benzene rings is 3. The molecule has 0 saturated heterocycles. The topological polar surface area (TPSA) is 421 Å². The van der Waals surface area contributed by atoms with Crippen molar-refractivity contribution < 1.29 is 22.5 Å². The number of allylic oxidation sites excluding steroid dienone is 3. The summed E-state index contributed by atoms with van der Waals surface area (Å²) in [4.78, 5) is 69.2. The number of aryl methyl sites for hydroxylation is 3. The Kier molecular flexibility index (Phi) is 28.4. The lowest BCUT2D eigenvalue weighted by Gasteiger charge is -2.21. The first-order valence-corrected chi connectivity index (χ1v) is 42.2. The Bertz CT molecular complexity index is 6120. The van der Waals surface area contributed by atoms with Gasteiger partial charge in [-0.2, -0.15) is 57.6 Å². The maximum atomic E-state index is 12.9. The minimum atomic E-state index is -4.52. The van der Waals surface area contributed by atoms with Crippen molar-refractivity contribution >= 4 is 114 Å². The van der Waals surface area contributed by atoms with Crippen molar-refractivity contribution in [2.24, 2.45) is 0 Å². The maximum Gasteiger partial charge on any atom is 0.433 e. The van der Waals surface area contributed by atoms with E-state index in [9.17, 15) is 13.2 Å². The molecule has 15 heterocycles. The quantitative estimate of drug-likeness (QED) is 0.0198. The molecule has 3 aromatic carbocycles. The van der Waals surface area contributed by atoms with Gasteiger partial charge >= 0.3 is 12.2 Å². The zero-order valence-corrected chi connectivity index (χ0v) is 72.1. The Balaban J connectivity index is 0.000000129. The number of pyridine rings is 4. The second-order valence-electron chi connectivity index (χ2n) is 30.9. The van der Waals surface area contributed by atoms with Gasteiger partial charge in [0.2, 0.25) is 17.8 Å². The third-order valence-electron chi connectivity index (χ3n) is 21.5. The normalized spacial score (nSPS) is 13.4. The van der Waals surface area contributed by atoms with E-state index in [0.29, 0.717) is 138 Å².